The lowest BCUT2D eigenvalue weighted by Crippen LogP contribution is -2.40. The van der Waals surface area contributed by atoms with Crippen LogP contribution in [0.1, 0.15) is 44.1 Å². The second kappa shape index (κ2) is 5.87. The summed E-state index contributed by atoms with van der Waals surface area (Å²) in [6.07, 6.45) is 6.98. The normalized spacial score (nSPS) is 24.9. The average Bonchev–Trinajstić information content (AvgIpc) is 2.89. The minimum Gasteiger partial charge on any atom is -0.375 e. The standard InChI is InChI=1S/C17H21ClO2/c18-15-6-2-1-5-13(15)11-16(19)14-7-10-20-17(12-14)8-3-4-9-17/h1-2,5-6,14H,3-4,7-12H2. The Bertz CT molecular complexity index is 492. The van der Waals surface area contributed by atoms with Gasteiger partial charge in [-0.3, -0.25) is 4.79 Å². The van der Waals surface area contributed by atoms with Crippen LogP contribution < -0.4 is 0 Å². The summed E-state index contributed by atoms with van der Waals surface area (Å²) in [4.78, 5) is 12.5. The summed E-state index contributed by atoms with van der Waals surface area (Å²) in [5, 5.41) is 0.698. The lowest BCUT2D eigenvalue weighted by molar-refractivity contribution is -0.135. The highest BCUT2D eigenvalue weighted by Crippen LogP contribution is 2.42. The third kappa shape index (κ3) is 2.91. The first kappa shape index (κ1) is 14.1. The summed E-state index contributed by atoms with van der Waals surface area (Å²) in [5.41, 5.74) is 0.963. The molecule has 0 bridgehead atoms. The van der Waals surface area contributed by atoms with Gasteiger partial charge < -0.3 is 4.74 Å². The number of Topliss-reactive ketones (excluding diaryl/α,β-unsaturated/α-hetero) is 1. The number of halogens is 1. The van der Waals surface area contributed by atoms with Gasteiger partial charge in [0.25, 0.3) is 0 Å². The van der Waals surface area contributed by atoms with Gasteiger partial charge in [-0.15, -0.1) is 0 Å². The van der Waals surface area contributed by atoms with Crippen LogP contribution in [0.3, 0.4) is 0 Å². The fourth-order valence-electron chi connectivity index (χ4n) is 3.64. The molecule has 1 aromatic carbocycles. The molecule has 1 saturated carbocycles. The molecule has 1 saturated heterocycles. The van der Waals surface area contributed by atoms with E-state index in [9.17, 15) is 4.79 Å². The van der Waals surface area contributed by atoms with Gasteiger partial charge in [-0.1, -0.05) is 42.6 Å². The fraction of sp³-hybridized carbons (Fsp3) is 0.588. The van der Waals surface area contributed by atoms with E-state index in [1.165, 1.54) is 12.8 Å². The summed E-state index contributed by atoms with van der Waals surface area (Å²) < 4.78 is 6.00. The first-order valence-corrected chi connectivity index (χ1v) is 7.96. The third-order valence-electron chi connectivity index (χ3n) is 4.79. The van der Waals surface area contributed by atoms with Crippen LogP contribution in [0.2, 0.25) is 5.02 Å². The van der Waals surface area contributed by atoms with Crippen molar-refractivity contribution in [2.75, 3.05) is 6.61 Å². The maximum Gasteiger partial charge on any atom is 0.140 e. The number of hydrogen-bond acceptors (Lipinski definition) is 2. The molecule has 0 N–H and O–H groups in total. The summed E-state index contributed by atoms with van der Waals surface area (Å²) in [7, 11) is 0. The maximum atomic E-state index is 12.5. The topological polar surface area (TPSA) is 26.3 Å². The highest BCUT2D eigenvalue weighted by Gasteiger charge is 2.41. The van der Waals surface area contributed by atoms with Gasteiger partial charge in [0.05, 0.1) is 5.60 Å². The van der Waals surface area contributed by atoms with Gasteiger partial charge in [-0.05, 0) is 37.3 Å². The quantitative estimate of drug-likeness (QED) is 0.835. The van der Waals surface area contributed by atoms with Crippen LogP contribution >= 0.6 is 11.6 Å². The van der Waals surface area contributed by atoms with E-state index >= 15 is 0 Å². The predicted octanol–water partition coefficient (Wildman–Crippen LogP) is 4.19. The Hall–Kier alpha value is -0.860. The molecular formula is C17H21ClO2. The molecule has 1 spiro atoms. The van der Waals surface area contributed by atoms with Gasteiger partial charge in [0.15, 0.2) is 0 Å². The fourth-order valence-corrected chi connectivity index (χ4v) is 3.85. The van der Waals surface area contributed by atoms with Gasteiger partial charge in [0.1, 0.15) is 5.78 Å². The van der Waals surface area contributed by atoms with E-state index in [4.69, 9.17) is 16.3 Å². The zero-order valence-electron chi connectivity index (χ0n) is 11.7. The predicted molar refractivity (Wildman–Crippen MR) is 80.0 cm³/mol. The summed E-state index contributed by atoms with van der Waals surface area (Å²) in [6.45, 7) is 0.735. The van der Waals surface area contributed by atoms with Gasteiger partial charge in [-0.25, -0.2) is 0 Å². The van der Waals surface area contributed by atoms with E-state index in [1.54, 1.807) is 0 Å². The lowest BCUT2D eigenvalue weighted by Gasteiger charge is -2.37. The van der Waals surface area contributed by atoms with E-state index in [-0.39, 0.29) is 11.5 Å². The van der Waals surface area contributed by atoms with Crippen molar-refractivity contribution in [3.63, 3.8) is 0 Å². The Kier molecular flexibility index (Phi) is 4.13. The van der Waals surface area contributed by atoms with E-state index in [0.717, 1.165) is 37.9 Å². The number of carbonyl (C=O) groups is 1. The molecule has 20 heavy (non-hydrogen) atoms. The molecule has 3 rings (SSSR count). The van der Waals surface area contributed by atoms with Crippen LogP contribution in [0.15, 0.2) is 24.3 Å². The van der Waals surface area contributed by atoms with Crippen molar-refractivity contribution in [3.05, 3.63) is 34.9 Å². The van der Waals surface area contributed by atoms with Crippen LogP contribution in [-0.4, -0.2) is 18.0 Å². The van der Waals surface area contributed by atoms with E-state index in [1.807, 2.05) is 24.3 Å². The third-order valence-corrected chi connectivity index (χ3v) is 5.15. The first-order valence-electron chi connectivity index (χ1n) is 7.59. The van der Waals surface area contributed by atoms with Crippen LogP contribution in [0.5, 0.6) is 0 Å². The van der Waals surface area contributed by atoms with Gasteiger partial charge in [0, 0.05) is 24.0 Å². The second-order valence-electron chi connectivity index (χ2n) is 6.16. The van der Waals surface area contributed by atoms with Crippen molar-refractivity contribution in [2.45, 2.75) is 50.5 Å². The number of ketones is 1. The molecule has 2 aliphatic rings. The van der Waals surface area contributed by atoms with Crippen molar-refractivity contribution >= 4 is 17.4 Å². The Balaban J connectivity index is 1.66. The molecule has 2 fully saturated rings. The smallest absolute Gasteiger partial charge is 0.140 e. The Morgan fingerprint density at radius 2 is 2.05 bits per heavy atom. The average molecular weight is 293 g/mol. The summed E-state index contributed by atoms with van der Waals surface area (Å²) in [5.74, 6) is 0.478. The van der Waals surface area contributed by atoms with Crippen molar-refractivity contribution < 1.29 is 9.53 Å². The SMILES string of the molecule is O=C(Cc1ccccc1Cl)C1CCOC2(CCCC2)C1. The van der Waals surface area contributed by atoms with Gasteiger partial charge >= 0.3 is 0 Å². The van der Waals surface area contributed by atoms with Crippen LogP contribution in [0.25, 0.3) is 0 Å². The van der Waals surface area contributed by atoms with Gasteiger partial charge in [-0.2, -0.15) is 0 Å². The largest absolute Gasteiger partial charge is 0.375 e. The maximum absolute atomic E-state index is 12.5. The molecule has 0 aromatic heterocycles. The minimum absolute atomic E-state index is 0.0130. The van der Waals surface area contributed by atoms with Crippen molar-refractivity contribution in [2.24, 2.45) is 5.92 Å². The molecule has 2 nitrogen and oxygen atoms in total. The second-order valence-corrected chi connectivity index (χ2v) is 6.57. The van der Waals surface area contributed by atoms with Crippen molar-refractivity contribution in [3.8, 4) is 0 Å². The molecular weight excluding hydrogens is 272 g/mol. The highest BCUT2D eigenvalue weighted by atomic mass is 35.5. The summed E-state index contributed by atoms with van der Waals surface area (Å²) in [6, 6.07) is 7.65. The van der Waals surface area contributed by atoms with E-state index in [0.29, 0.717) is 17.2 Å². The molecule has 1 aromatic rings. The zero-order valence-corrected chi connectivity index (χ0v) is 12.5. The Morgan fingerprint density at radius 1 is 1.30 bits per heavy atom. The molecule has 1 aliphatic carbocycles. The summed E-state index contributed by atoms with van der Waals surface area (Å²) >= 11 is 6.15. The highest BCUT2D eigenvalue weighted by molar-refractivity contribution is 6.31. The number of benzene rings is 1. The molecule has 1 aliphatic heterocycles. The molecule has 0 amide bonds. The van der Waals surface area contributed by atoms with Crippen LogP contribution in [0.4, 0.5) is 0 Å². The number of ether oxygens (including phenoxy) is 1. The minimum atomic E-state index is 0.0130. The molecule has 3 heteroatoms. The monoisotopic (exact) mass is 292 g/mol. The zero-order chi connectivity index (χ0) is 14.0. The van der Waals surface area contributed by atoms with Crippen LogP contribution in [0, 0.1) is 5.92 Å². The molecule has 0 radical (unpaired) electrons. The Morgan fingerprint density at radius 3 is 2.80 bits per heavy atom. The van der Waals surface area contributed by atoms with E-state index < -0.39 is 0 Å². The van der Waals surface area contributed by atoms with Crippen molar-refractivity contribution in [1.82, 2.24) is 0 Å². The van der Waals surface area contributed by atoms with Crippen molar-refractivity contribution in [1.29, 1.82) is 0 Å². The van der Waals surface area contributed by atoms with Gasteiger partial charge in [0.2, 0.25) is 0 Å². The number of hydrogen-bond donors (Lipinski definition) is 0. The molecule has 108 valence electrons. The first-order chi connectivity index (χ1) is 9.69. The van der Waals surface area contributed by atoms with E-state index in [2.05, 4.69) is 0 Å². The van der Waals surface area contributed by atoms with Crippen LogP contribution in [-0.2, 0) is 16.0 Å². The lowest BCUT2D eigenvalue weighted by atomic mass is 9.81. The Labute approximate surface area is 125 Å². The molecule has 1 unspecified atom stereocenters. The number of carbonyl (C=O) groups excluding carboxylic acids is 1. The molecule has 1 heterocycles. The molecule has 1 atom stereocenters. The number of rotatable bonds is 3.